The molecule has 2 N–H and O–H groups in total. The average molecular weight is 557 g/mol. The Hall–Kier alpha value is -2.59. The zero-order valence-corrected chi connectivity index (χ0v) is 22.0. The van der Waals surface area contributed by atoms with E-state index in [1.165, 1.54) is 19.4 Å². The van der Waals surface area contributed by atoms with Gasteiger partial charge in [0.05, 0.1) is 22.1 Å². The van der Waals surface area contributed by atoms with Crippen molar-refractivity contribution in [1.29, 1.82) is 0 Å². The van der Waals surface area contributed by atoms with Gasteiger partial charge in [-0.15, -0.1) is 0 Å². The zero-order chi connectivity index (χ0) is 28.6. The van der Waals surface area contributed by atoms with Crippen LogP contribution in [-0.2, 0) is 23.7 Å². The van der Waals surface area contributed by atoms with Crippen LogP contribution in [-0.4, -0.2) is 40.6 Å². The summed E-state index contributed by atoms with van der Waals surface area (Å²) in [5, 5.41) is 13.6. The number of benzene rings is 2. The molecule has 0 spiro atoms. The summed E-state index contributed by atoms with van der Waals surface area (Å²) in [7, 11) is 0. The third kappa shape index (κ3) is 6.43. The van der Waals surface area contributed by atoms with Crippen LogP contribution >= 0.6 is 0 Å². The molecule has 10 heteroatoms. The van der Waals surface area contributed by atoms with E-state index in [1.54, 1.807) is 0 Å². The molecule has 4 nitrogen and oxygen atoms in total. The van der Waals surface area contributed by atoms with Crippen molar-refractivity contribution in [3.8, 4) is 0 Å². The molecule has 2 atom stereocenters. The average Bonchev–Trinajstić information content (AvgIpc) is 3.34. The Morgan fingerprint density at radius 2 is 1.51 bits per heavy atom. The van der Waals surface area contributed by atoms with Crippen molar-refractivity contribution in [2.24, 2.45) is 5.41 Å². The highest BCUT2D eigenvalue weighted by molar-refractivity contribution is 5.84. The molecule has 39 heavy (non-hydrogen) atoms. The van der Waals surface area contributed by atoms with Crippen molar-refractivity contribution >= 4 is 5.91 Å². The van der Waals surface area contributed by atoms with Crippen molar-refractivity contribution in [1.82, 2.24) is 10.2 Å². The fraction of sp³-hybridized carbons (Fsp3) is 0.552. The van der Waals surface area contributed by atoms with Gasteiger partial charge in [0, 0.05) is 12.6 Å². The zero-order valence-electron chi connectivity index (χ0n) is 22.0. The van der Waals surface area contributed by atoms with E-state index in [9.17, 15) is 36.2 Å². The van der Waals surface area contributed by atoms with E-state index >= 15 is 0 Å². The van der Waals surface area contributed by atoms with Crippen LogP contribution in [0.25, 0.3) is 0 Å². The molecule has 1 heterocycles. The molecule has 1 amide bonds. The second kappa shape index (κ2) is 10.8. The predicted molar refractivity (Wildman–Crippen MR) is 135 cm³/mol. The lowest BCUT2D eigenvalue weighted by Gasteiger charge is -2.41. The molecule has 1 aliphatic heterocycles. The number of carbonyl (C=O) groups is 1. The van der Waals surface area contributed by atoms with Crippen LogP contribution in [0.2, 0.25) is 0 Å². The van der Waals surface area contributed by atoms with Gasteiger partial charge in [0.2, 0.25) is 5.91 Å². The number of hydrogen-bond donors (Lipinski definition) is 2. The van der Waals surface area contributed by atoms with E-state index in [1.807, 2.05) is 18.2 Å². The third-order valence-corrected chi connectivity index (χ3v) is 8.51. The van der Waals surface area contributed by atoms with E-state index in [2.05, 4.69) is 22.3 Å². The van der Waals surface area contributed by atoms with Crippen LogP contribution in [0.1, 0.15) is 74.1 Å². The van der Waals surface area contributed by atoms with Crippen molar-refractivity contribution < 1.29 is 36.2 Å². The highest BCUT2D eigenvalue weighted by atomic mass is 19.4. The number of rotatable bonds is 6. The first kappa shape index (κ1) is 29.4. The van der Waals surface area contributed by atoms with E-state index in [4.69, 9.17) is 0 Å². The number of piperidine rings is 1. The normalized spacial score (nSPS) is 23.7. The summed E-state index contributed by atoms with van der Waals surface area (Å²) in [6.45, 7) is 4.23. The van der Waals surface area contributed by atoms with Crippen molar-refractivity contribution in [2.45, 2.75) is 82.4 Å². The van der Waals surface area contributed by atoms with E-state index < -0.39 is 46.9 Å². The fourth-order valence-electron chi connectivity index (χ4n) is 6.17. The first-order valence-corrected chi connectivity index (χ1v) is 13.2. The van der Waals surface area contributed by atoms with E-state index in [0.29, 0.717) is 37.3 Å². The van der Waals surface area contributed by atoms with Crippen LogP contribution in [0, 0.1) is 5.41 Å². The molecule has 2 fully saturated rings. The van der Waals surface area contributed by atoms with Gasteiger partial charge in [-0.25, -0.2) is 0 Å². The molecule has 0 radical (unpaired) electrons. The van der Waals surface area contributed by atoms with Gasteiger partial charge in [0.15, 0.2) is 0 Å². The second-order valence-corrected chi connectivity index (χ2v) is 11.4. The summed E-state index contributed by atoms with van der Waals surface area (Å²) >= 11 is 0. The van der Waals surface area contributed by atoms with Crippen molar-refractivity contribution in [3.05, 3.63) is 70.8 Å². The topological polar surface area (TPSA) is 52.6 Å². The lowest BCUT2D eigenvalue weighted by atomic mass is 9.71. The summed E-state index contributed by atoms with van der Waals surface area (Å²) in [4.78, 5) is 15.8. The number of hydrogen-bond acceptors (Lipinski definition) is 3. The van der Waals surface area contributed by atoms with Crippen LogP contribution < -0.4 is 5.32 Å². The van der Waals surface area contributed by atoms with Crippen molar-refractivity contribution in [2.75, 3.05) is 13.1 Å². The molecule has 1 saturated heterocycles. The van der Waals surface area contributed by atoms with Gasteiger partial charge < -0.3 is 15.3 Å². The molecule has 2 aromatic rings. The minimum atomic E-state index is -4.97. The molecule has 1 aliphatic carbocycles. The number of halogens is 6. The summed E-state index contributed by atoms with van der Waals surface area (Å²) in [6, 6.07) is 11.6. The van der Waals surface area contributed by atoms with Crippen LogP contribution in [0.15, 0.2) is 48.5 Å². The Morgan fingerprint density at radius 1 is 0.949 bits per heavy atom. The minimum Gasteiger partial charge on any atom is -0.389 e. The SMILES string of the molecule is CC(C)(O)[C@]1(C(=O)NCc2cc(C(F)(F)F)cc(C(F)(F)F)c2)CC[C@@H](N2CCC(c3ccccc3)CC2)C1. The lowest BCUT2D eigenvalue weighted by molar-refractivity contribution is -0.147. The van der Waals surface area contributed by atoms with Crippen LogP contribution in [0.4, 0.5) is 26.3 Å². The number of carbonyl (C=O) groups excluding carboxylic acids is 1. The molecular formula is C29H34F6N2O2. The number of aliphatic hydroxyl groups is 1. The molecule has 4 rings (SSSR count). The highest BCUT2D eigenvalue weighted by Crippen LogP contribution is 2.49. The summed E-state index contributed by atoms with van der Waals surface area (Å²) in [5.74, 6) is -0.108. The molecule has 0 bridgehead atoms. The van der Waals surface area contributed by atoms with Gasteiger partial charge in [-0.2, -0.15) is 26.3 Å². The quantitative estimate of drug-likeness (QED) is 0.398. The molecule has 1 saturated carbocycles. The molecule has 214 valence electrons. The Kier molecular flexibility index (Phi) is 8.11. The highest BCUT2D eigenvalue weighted by Gasteiger charge is 2.55. The van der Waals surface area contributed by atoms with E-state index in [-0.39, 0.29) is 17.7 Å². The molecular weight excluding hydrogens is 522 g/mol. The van der Waals surface area contributed by atoms with E-state index in [0.717, 1.165) is 25.9 Å². The summed E-state index contributed by atoms with van der Waals surface area (Å²) in [6.07, 6.45) is -6.62. The third-order valence-electron chi connectivity index (χ3n) is 8.51. The first-order valence-electron chi connectivity index (χ1n) is 13.2. The molecule has 0 unspecified atom stereocenters. The predicted octanol–water partition coefficient (Wildman–Crippen LogP) is 6.53. The Labute approximate surface area is 224 Å². The Bertz CT molecular complexity index is 1120. The van der Waals surface area contributed by atoms with Gasteiger partial charge in [0.1, 0.15) is 0 Å². The molecule has 2 aromatic carbocycles. The second-order valence-electron chi connectivity index (χ2n) is 11.4. The van der Waals surface area contributed by atoms with Gasteiger partial charge >= 0.3 is 12.4 Å². The maximum absolute atomic E-state index is 13.5. The molecule has 2 aliphatic rings. The maximum Gasteiger partial charge on any atom is 0.416 e. The van der Waals surface area contributed by atoms with Gasteiger partial charge in [-0.3, -0.25) is 4.79 Å². The molecule has 0 aromatic heterocycles. The largest absolute Gasteiger partial charge is 0.416 e. The minimum absolute atomic E-state index is 0.0456. The smallest absolute Gasteiger partial charge is 0.389 e. The number of alkyl halides is 6. The number of likely N-dealkylation sites (tertiary alicyclic amines) is 1. The monoisotopic (exact) mass is 556 g/mol. The lowest BCUT2D eigenvalue weighted by Crippen LogP contribution is -2.53. The standard InChI is InChI=1S/C29H34F6N2O2/c1-26(2,39)27(11-8-24(17-27)37-12-9-21(10-13-37)20-6-4-3-5-7-20)25(38)36-18-19-14-22(28(30,31)32)16-23(15-19)29(33,34)35/h3-7,14-16,21,24,39H,8-13,17-18H2,1-2H3,(H,36,38)/t24-,27-/m1/s1. The Morgan fingerprint density at radius 3 is 2.03 bits per heavy atom. The van der Waals surface area contributed by atoms with Crippen molar-refractivity contribution in [3.63, 3.8) is 0 Å². The summed E-state index contributed by atoms with van der Waals surface area (Å²) < 4.78 is 79.5. The number of nitrogens with one attached hydrogen (secondary N) is 1. The fourth-order valence-corrected chi connectivity index (χ4v) is 6.17. The van der Waals surface area contributed by atoms with Gasteiger partial charge in [-0.05, 0) is 94.3 Å². The van der Waals surface area contributed by atoms with Crippen LogP contribution in [0.3, 0.4) is 0 Å². The van der Waals surface area contributed by atoms with Crippen LogP contribution in [0.5, 0.6) is 0 Å². The Balaban J connectivity index is 1.46. The maximum atomic E-state index is 13.5. The van der Waals surface area contributed by atoms with Gasteiger partial charge in [0.25, 0.3) is 0 Å². The first-order chi connectivity index (χ1) is 18.1. The summed E-state index contributed by atoms with van der Waals surface area (Å²) in [5.41, 5.74) is -4.54. The van der Waals surface area contributed by atoms with Gasteiger partial charge in [-0.1, -0.05) is 30.3 Å². The number of amides is 1. The number of nitrogens with zero attached hydrogens (tertiary/aromatic N) is 1.